The Bertz CT molecular complexity index is 298. The van der Waals surface area contributed by atoms with Gasteiger partial charge in [-0.1, -0.05) is 6.07 Å². The number of rotatable bonds is 1. The van der Waals surface area contributed by atoms with Gasteiger partial charge in [0.15, 0.2) is 0 Å². The number of anilines is 1. The third-order valence-electron chi connectivity index (χ3n) is 1.23. The van der Waals surface area contributed by atoms with Crippen LogP contribution in [0.1, 0.15) is 10.4 Å². The first kappa shape index (κ1) is 7.53. The number of halogens is 1. The second kappa shape index (κ2) is 2.57. The number of carboxylic acids is 1. The number of carbonyl (C=O) groups is 1. The second-order valence-electron chi connectivity index (χ2n) is 2.02. The molecule has 0 unspecified atom stereocenters. The van der Waals surface area contributed by atoms with Gasteiger partial charge in [0.05, 0.1) is 11.7 Å². The Balaban J connectivity index is 3.15. The van der Waals surface area contributed by atoms with Crippen LogP contribution in [0.3, 0.4) is 0 Å². The molecular weight excluding hydrogens is 149 g/mol. The summed E-state index contributed by atoms with van der Waals surface area (Å²) < 4.78 is 12.4. The molecule has 1 rings (SSSR count). The van der Waals surface area contributed by atoms with E-state index in [0.717, 1.165) is 18.2 Å². The minimum atomic E-state index is -1.36. The number of benzene rings is 1. The summed E-state index contributed by atoms with van der Waals surface area (Å²) >= 11 is 0. The van der Waals surface area contributed by atoms with Crippen LogP contribution >= 0.6 is 0 Å². The highest BCUT2D eigenvalue weighted by Crippen LogP contribution is 2.10. The monoisotopic (exact) mass is 154 g/mol. The van der Waals surface area contributed by atoms with Crippen LogP contribution in [0, 0.1) is 5.82 Å². The summed E-state index contributed by atoms with van der Waals surface area (Å²) in [6.07, 6.45) is 0. The van der Waals surface area contributed by atoms with Crippen LogP contribution in [-0.4, -0.2) is 5.97 Å². The van der Waals surface area contributed by atoms with Gasteiger partial charge in [-0.3, -0.25) is 0 Å². The largest absolute Gasteiger partial charge is 0.545 e. The molecule has 58 valence electrons. The quantitative estimate of drug-likeness (QED) is 0.568. The number of carboxylic acid groups (broad SMARTS) is 1. The zero-order valence-corrected chi connectivity index (χ0v) is 5.50. The number of nitrogen functional groups attached to an aromatic ring is 1. The maximum atomic E-state index is 12.4. The van der Waals surface area contributed by atoms with E-state index in [1.165, 1.54) is 0 Å². The lowest BCUT2D eigenvalue weighted by atomic mass is 10.2. The van der Waals surface area contributed by atoms with E-state index in [-0.39, 0.29) is 11.3 Å². The molecule has 0 radical (unpaired) electrons. The molecule has 3 nitrogen and oxygen atoms in total. The fourth-order valence-corrected chi connectivity index (χ4v) is 0.671. The van der Waals surface area contributed by atoms with E-state index in [2.05, 4.69) is 0 Å². The molecule has 0 aromatic heterocycles. The highest BCUT2D eigenvalue weighted by atomic mass is 19.1. The Labute approximate surface area is 62.3 Å². The lowest BCUT2D eigenvalue weighted by Crippen LogP contribution is -2.22. The van der Waals surface area contributed by atoms with E-state index < -0.39 is 11.8 Å². The van der Waals surface area contributed by atoms with E-state index in [9.17, 15) is 14.3 Å². The molecule has 1 aromatic carbocycles. The SMILES string of the molecule is Nc1cc(C(=O)[O-])ccc1F. The van der Waals surface area contributed by atoms with Crippen LogP contribution in [0.2, 0.25) is 0 Å². The van der Waals surface area contributed by atoms with Crippen molar-refractivity contribution in [2.24, 2.45) is 0 Å². The maximum absolute atomic E-state index is 12.4. The van der Waals surface area contributed by atoms with Gasteiger partial charge < -0.3 is 15.6 Å². The lowest BCUT2D eigenvalue weighted by molar-refractivity contribution is -0.255. The van der Waals surface area contributed by atoms with Crippen molar-refractivity contribution in [2.75, 3.05) is 5.73 Å². The predicted molar refractivity (Wildman–Crippen MR) is 35.1 cm³/mol. The number of hydrogen-bond donors (Lipinski definition) is 1. The smallest absolute Gasteiger partial charge is 0.146 e. The Morgan fingerprint density at radius 3 is 2.64 bits per heavy atom. The topological polar surface area (TPSA) is 66.2 Å². The van der Waals surface area contributed by atoms with Gasteiger partial charge in [-0.25, -0.2) is 4.39 Å². The maximum Gasteiger partial charge on any atom is 0.146 e. The standard InChI is InChI=1S/C7H6FNO2/c8-5-2-1-4(7(10)11)3-6(5)9/h1-3H,9H2,(H,10,11)/p-1. The van der Waals surface area contributed by atoms with Crippen LogP contribution in [0.15, 0.2) is 18.2 Å². The molecule has 0 saturated carbocycles. The summed E-state index contributed by atoms with van der Waals surface area (Å²) in [5.41, 5.74) is 4.78. The summed E-state index contributed by atoms with van der Waals surface area (Å²) in [5, 5.41) is 10.2. The first-order chi connectivity index (χ1) is 5.11. The normalized spacial score (nSPS) is 9.55. The number of hydrogen-bond acceptors (Lipinski definition) is 3. The number of carbonyl (C=O) groups excluding carboxylic acids is 1. The van der Waals surface area contributed by atoms with Gasteiger partial charge >= 0.3 is 0 Å². The van der Waals surface area contributed by atoms with Crippen molar-refractivity contribution in [3.63, 3.8) is 0 Å². The Hall–Kier alpha value is -1.58. The van der Waals surface area contributed by atoms with Crippen molar-refractivity contribution < 1.29 is 14.3 Å². The van der Waals surface area contributed by atoms with Crippen molar-refractivity contribution >= 4 is 11.7 Å². The summed E-state index contributed by atoms with van der Waals surface area (Å²) in [6, 6.07) is 3.10. The predicted octanol–water partition coefficient (Wildman–Crippen LogP) is -0.229. The summed E-state index contributed by atoms with van der Waals surface area (Å²) in [5.74, 6) is -1.99. The molecule has 0 fully saturated rings. The zero-order chi connectivity index (χ0) is 8.43. The van der Waals surface area contributed by atoms with Crippen LogP contribution in [0.25, 0.3) is 0 Å². The molecule has 2 N–H and O–H groups in total. The molecule has 1 aromatic rings. The molecular formula is C7H5FNO2-. The van der Waals surface area contributed by atoms with Crippen LogP contribution < -0.4 is 10.8 Å². The van der Waals surface area contributed by atoms with Crippen molar-refractivity contribution in [3.05, 3.63) is 29.6 Å². The fraction of sp³-hybridized carbons (Fsp3) is 0. The molecule has 4 heteroatoms. The Morgan fingerprint density at radius 2 is 2.18 bits per heavy atom. The van der Waals surface area contributed by atoms with Crippen molar-refractivity contribution in [2.45, 2.75) is 0 Å². The second-order valence-corrected chi connectivity index (χ2v) is 2.02. The van der Waals surface area contributed by atoms with Gasteiger partial charge in [0.25, 0.3) is 0 Å². The zero-order valence-electron chi connectivity index (χ0n) is 5.50. The van der Waals surface area contributed by atoms with Crippen molar-refractivity contribution in [1.82, 2.24) is 0 Å². The van der Waals surface area contributed by atoms with Crippen LogP contribution in [0.5, 0.6) is 0 Å². The fourth-order valence-electron chi connectivity index (χ4n) is 0.671. The molecule has 0 atom stereocenters. The van der Waals surface area contributed by atoms with E-state index in [1.807, 2.05) is 0 Å². The van der Waals surface area contributed by atoms with Gasteiger partial charge in [0.1, 0.15) is 5.82 Å². The molecule has 0 aliphatic heterocycles. The lowest BCUT2D eigenvalue weighted by Gasteiger charge is -2.02. The Kier molecular flexibility index (Phi) is 1.76. The Morgan fingerprint density at radius 1 is 1.55 bits per heavy atom. The third-order valence-corrected chi connectivity index (χ3v) is 1.23. The number of aromatic carboxylic acids is 1. The summed E-state index contributed by atoms with van der Waals surface area (Å²) in [4.78, 5) is 10.2. The molecule has 0 spiro atoms. The summed E-state index contributed by atoms with van der Waals surface area (Å²) in [6.45, 7) is 0. The minimum absolute atomic E-state index is 0.121. The van der Waals surface area contributed by atoms with Crippen LogP contribution in [0.4, 0.5) is 10.1 Å². The van der Waals surface area contributed by atoms with E-state index in [4.69, 9.17) is 5.73 Å². The van der Waals surface area contributed by atoms with Gasteiger partial charge in [0, 0.05) is 0 Å². The highest BCUT2D eigenvalue weighted by Gasteiger charge is 1.98. The molecule has 0 heterocycles. The van der Waals surface area contributed by atoms with E-state index >= 15 is 0 Å². The van der Waals surface area contributed by atoms with Crippen molar-refractivity contribution in [3.8, 4) is 0 Å². The van der Waals surface area contributed by atoms with Gasteiger partial charge in [-0.2, -0.15) is 0 Å². The van der Waals surface area contributed by atoms with E-state index in [1.54, 1.807) is 0 Å². The van der Waals surface area contributed by atoms with Crippen LogP contribution in [-0.2, 0) is 0 Å². The molecule has 0 amide bonds. The molecule has 11 heavy (non-hydrogen) atoms. The third kappa shape index (κ3) is 1.46. The average Bonchev–Trinajstić information content (AvgIpc) is 1.94. The van der Waals surface area contributed by atoms with Crippen molar-refractivity contribution in [1.29, 1.82) is 0 Å². The highest BCUT2D eigenvalue weighted by molar-refractivity contribution is 5.86. The number of nitrogens with two attached hydrogens (primary N) is 1. The van der Waals surface area contributed by atoms with Gasteiger partial charge in [-0.15, -0.1) is 0 Å². The first-order valence-electron chi connectivity index (χ1n) is 2.87. The minimum Gasteiger partial charge on any atom is -0.545 e. The molecule has 0 saturated heterocycles. The average molecular weight is 154 g/mol. The van der Waals surface area contributed by atoms with E-state index in [0.29, 0.717) is 0 Å². The van der Waals surface area contributed by atoms with Gasteiger partial charge in [0.2, 0.25) is 0 Å². The first-order valence-corrected chi connectivity index (χ1v) is 2.87. The van der Waals surface area contributed by atoms with Gasteiger partial charge in [-0.05, 0) is 17.7 Å². The molecule has 0 bridgehead atoms. The summed E-state index contributed by atoms with van der Waals surface area (Å²) in [7, 11) is 0. The molecule has 0 aliphatic rings. The molecule has 0 aliphatic carbocycles.